The van der Waals surface area contributed by atoms with Gasteiger partial charge >= 0.3 is 0 Å². The Hall–Kier alpha value is -3.78. The van der Waals surface area contributed by atoms with E-state index in [9.17, 15) is 4.79 Å². The summed E-state index contributed by atoms with van der Waals surface area (Å²) < 4.78 is 6.37. The Bertz CT molecular complexity index is 1230. The summed E-state index contributed by atoms with van der Waals surface area (Å²) in [4.78, 5) is 25.4. The van der Waals surface area contributed by atoms with E-state index in [0.717, 1.165) is 27.0 Å². The van der Waals surface area contributed by atoms with Crippen molar-refractivity contribution in [3.63, 3.8) is 0 Å². The van der Waals surface area contributed by atoms with Gasteiger partial charge in [-0.3, -0.25) is 9.78 Å². The molecule has 0 bridgehead atoms. The Morgan fingerprint density at radius 3 is 2.75 bits per heavy atom. The van der Waals surface area contributed by atoms with Gasteiger partial charge in [-0.25, -0.2) is 9.97 Å². The van der Waals surface area contributed by atoms with E-state index in [1.165, 1.54) is 0 Å². The van der Waals surface area contributed by atoms with E-state index >= 15 is 0 Å². The summed E-state index contributed by atoms with van der Waals surface area (Å²) in [6, 6.07) is 18.6. The lowest BCUT2D eigenvalue weighted by Crippen LogP contribution is -2.20. The molecule has 0 saturated carbocycles. The third-order valence-electron chi connectivity index (χ3n) is 4.58. The molecule has 4 rings (SSSR count). The van der Waals surface area contributed by atoms with Gasteiger partial charge in [-0.2, -0.15) is 0 Å². The number of benzene rings is 2. The van der Waals surface area contributed by atoms with Gasteiger partial charge in [0.2, 0.25) is 5.95 Å². The zero-order valence-corrected chi connectivity index (χ0v) is 18.8. The highest BCUT2D eigenvalue weighted by atomic mass is 79.9. The van der Waals surface area contributed by atoms with Crippen LogP contribution in [-0.2, 0) is 4.79 Å². The minimum atomic E-state index is -0.259. The second kappa shape index (κ2) is 10.0. The SMILES string of the molecule is Cc1ccc(NC(=O)COc2ccccc2Br)cc1Nc1nccc(-c2cccnc2)n1. The molecule has 0 atom stereocenters. The monoisotopic (exact) mass is 489 g/mol. The molecule has 2 N–H and O–H groups in total. The first-order valence-electron chi connectivity index (χ1n) is 9.87. The van der Waals surface area contributed by atoms with E-state index in [2.05, 4.69) is 41.5 Å². The topological polar surface area (TPSA) is 89.0 Å². The quantitative estimate of drug-likeness (QED) is 0.362. The van der Waals surface area contributed by atoms with Crippen LogP contribution in [0.5, 0.6) is 5.75 Å². The minimum absolute atomic E-state index is 0.102. The number of nitrogens with zero attached hydrogens (tertiary/aromatic N) is 3. The zero-order chi connectivity index (χ0) is 22.3. The van der Waals surface area contributed by atoms with Crippen LogP contribution in [0.25, 0.3) is 11.3 Å². The van der Waals surface area contributed by atoms with Crippen molar-refractivity contribution in [1.29, 1.82) is 0 Å². The second-order valence-electron chi connectivity index (χ2n) is 6.93. The van der Waals surface area contributed by atoms with Gasteiger partial charge in [-0.05, 0) is 70.9 Å². The maximum atomic E-state index is 12.4. The van der Waals surface area contributed by atoms with Crippen LogP contribution in [0.2, 0.25) is 0 Å². The van der Waals surface area contributed by atoms with E-state index in [1.54, 1.807) is 24.7 Å². The van der Waals surface area contributed by atoms with Crippen LogP contribution in [0, 0.1) is 6.92 Å². The van der Waals surface area contributed by atoms with E-state index < -0.39 is 0 Å². The van der Waals surface area contributed by atoms with Crippen molar-refractivity contribution in [2.75, 3.05) is 17.2 Å². The van der Waals surface area contributed by atoms with Crippen molar-refractivity contribution in [2.24, 2.45) is 0 Å². The molecular weight excluding hydrogens is 470 g/mol. The number of rotatable bonds is 7. The van der Waals surface area contributed by atoms with E-state index in [0.29, 0.717) is 17.4 Å². The molecule has 0 unspecified atom stereocenters. The largest absolute Gasteiger partial charge is 0.483 e. The van der Waals surface area contributed by atoms with Gasteiger partial charge in [0.1, 0.15) is 5.75 Å². The van der Waals surface area contributed by atoms with Gasteiger partial charge in [-0.15, -0.1) is 0 Å². The number of pyridine rings is 1. The first-order chi connectivity index (χ1) is 15.6. The maximum Gasteiger partial charge on any atom is 0.262 e. The summed E-state index contributed by atoms with van der Waals surface area (Å²) in [5.41, 5.74) is 4.09. The third-order valence-corrected chi connectivity index (χ3v) is 5.23. The first-order valence-corrected chi connectivity index (χ1v) is 10.7. The molecular formula is C24H20BrN5O2. The Labute approximate surface area is 194 Å². The van der Waals surface area contributed by atoms with Crippen molar-refractivity contribution in [3.05, 3.63) is 89.3 Å². The van der Waals surface area contributed by atoms with Crippen LogP contribution >= 0.6 is 15.9 Å². The van der Waals surface area contributed by atoms with Crippen molar-refractivity contribution in [3.8, 4) is 17.0 Å². The predicted octanol–water partition coefficient (Wildman–Crippen LogP) is 5.37. The summed E-state index contributed by atoms with van der Waals surface area (Å²) in [5, 5.41) is 6.08. The molecule has 8 heteroatoms. The van der Waals surface area contributed by atoms with Crippen molar-refractivity contribution in [1.82, 2.24) is 15.0 Å². The van der Waals surface area contributed by atoms with Gasteiger partial charge < -0.3 is 15.4 Å². The molecule has 2 heterocycles. The molecule has 0 spiro atoms. The number of hydrogen-bond donors (Lipinski definition) is 2. The summed E-state index contributed by atoms with van der Waals surface area (Å²) in [7, 11) is 0. The normalized spacial score (nSPS) is 10.4. The number of carbonyl (C=O) groups is 1. The fourth-order valence-electron chi connectivity index (χ4n) is 2.95. The van der Waals surface area contributed by atoms with Gasteiger partial charge in [0.05, 0.1) is 10.2 Å². The molecule has 32 heavy (non-hydrogen) atoms. The van der Waals surface area contributed by atoms with Crippen molar-refractivity contribution < 1.29 is 9.53 Å². The lowest BCUT2D eigenvalue weighted by molar-refractivity contribution is -0.118. The molecule has 0 aliphatic heterocycles. The fraction of sp³-hybridized carbons (Fsp3) is 0.0833. The molecule has 1 amide bonds. The van der Waals surface area contributed by atoms with Gasteiger partial charge in [-0.1, -0.05) is 18.2 Å². The molecule has 0 fully saturated rings. The van der Waals surface area contributed by atoms with Crippen LogP contribution in [0.15, 0.2) is 83.7 Å². The number of halogens is 1. The van der Waals surface area contributed by atoms with Crippen LogP contribution in [0.4, 0.5) is 17.3 Å². The Kier molecular flexibility index (Phi) is 6.72. The molecule has 0 aliphatic rings. The number of aromatic nitrogens is 3. The molecule has 2 aromatic heterocycles. The number of para-hydroxylation sites is 1. The van der Waals surface area contributed by atoms with Crippen molar-refractivity contribution >= 4 is 39.2 Å². The van der Waals surface area contributed by atoms with Gasteiger partial charge in [0, 0.05) is 35.5 Å². The predicted molar refractivity (Wildman–Crippen MR) is 128 cm³/mol. The summed E-state index contributed by atoms with van der Waals surface area (Å²) in [6.07, 6.45) is 5.16. The Morgan fingerprint density at radius 1 is 1.06 bits per heavy atom. The molecule has 0 saturated heterocycles. The fourth-order valence-corrected chi connectivity index (χ4v) is 3.35. The lowest BCUT2D eigenvalue weighted by atomic mass is 10.1. The number of hydrogen-bond acceptors (Lipinski definition) is 6. The van der Waals surface area contributed by atoms with E-state index in [-0.39, 0.29) is 12.5 Å². The number of anilines is 3. The summed E-state index contributed by atoms with van der Waals surface area (Å²) in [5.74, 6) is 0.806. The van der Waals surface area contributed by atoms with Crippen LogP contribution in [0.3, 0.4) is 0 Å². The minimum Gasteiger partial charge on any atom is -0.483 e. The average Bonchev–Trinajstić information content (AvgIpc) is 2.81. The number of carbonyl (C=O) groups excluding carboxylic acids is 1. The highest BCUT2D eigenvalue weighted by Gasteiger charge is 2.09. The number of aryl methyl sites for hydroxylation is 1. The number of ether oxygens (including phenoxy) is 1. The molecule has 160 valence electrons. The van der Waals surface area contributed by atoms with Gasteiger partial charge in [0.25, 0.3) is 5.91 Å². The summed E-state index contributed by atoms with van der Waals surface area (Å²) >= 11 is 3.40. The third kappa shape index (κ3) is 5.47. The smallest absolute Gasteiger partial charge is 0.262 e. The summed E-state index contributed by atoms with van der Waals surface area (Å²) in [6.45, 7) is 1.87. The molecule has 7 nitrogen and oxygen atoms in total. The lowest BCUT2D eigenvalue weighted by Gasteiger charge is -2.13. The highest BCUT2D eigenvalue weighted by molar-refractivity contribution is 9.10. The Balaban J connectivity index is 1.44. The number of nitrogens with one attached hydrogen (secondary N) is 2. The molecule has 0 aliphatic carbocycles. The zero-order valence-electron chi connectivity index (χ0n) is 17.2. The van der Waals surface area contributed by atoms with Crippen molar-refractivity contribution in [2.45, 2.75) is 6.92 Å². The first kappa shape index (κ1) is 21.5. The molecule has 2 aromatic carbocycles. The van der Waals surface area contributed by atoms with E-state index in [1.807, 2.05) is 61.5 Å². The second-order valence-corrected chi connectivity index (χ2v) is 7.78. The van der Waals surface area contributed by atoms with Gasteiger partial charge in [0.15, 0.2) is 6.61 Å². The standard InChI is InChI=1S/C24H20BrN5O2/c1-16-8-9-18(28-23(31)15-32-22-7-3-2-6-19(22)25)13-21(16)30-24-27-12-10-20(29-24)17-5-4-11-26-14-17/h2-14H,15H2,1H3,(H,28,31)(H,27,29,30). The maximum absolute atomic E-state index is 12.4. The molecule has 0 radical (unpaired) electrons. The highest BCUT2D eigenvalue weighted by Crippen LogP contribution is 2.25. The number of amides is 1. The Morgan fingerprint density at radius 2 is 1.94 bits per heavy atom. The van der Waals surface area contributed by atoms with E-state index in [4.69, 9.17) is 4.74 Å². The van der Waals surface area contributed by atoms with Crippen LogP contribution in [-0.4, -0.2) is 27.5 Å². The van der Waals surface area contributed by atoms with Crippen LogP contribution in [0.1, 0.15) is 5.56 Å². The average molecular weight is 490 g/mol. The van der Waals surface area contributed by atoms with Crippen LogP contribution < -0.4 is 15.4 Å². The molecule has 4 aromatic rings.